The van der Waals surface area contributed by atoms with Gasteiger partial charge in [0.05, 0.1) is 70.7 Å². The molecule has 26 rings (SSSR count). The largest absolute Gasteiger partial charge is 0.394 e. The van der Waals surface area contributed by atoms with E-state index >= 15 is 0 Å². The molecular weight excluding hydrogens is 1930 g/mol. The molecule has 21 heterocycles. The molecule has 0 aliphatic carbocycles. The Balaban J connectivity index is 0.927. The average molecular weight is 2050 g/mol. The summed E-state index contributed by atoms with van der Waals surface area (Å²) in [5, 5.41) is 195. The van der Waals surface area contributed by atoms with Crippen LogP contribution in [-0.4, -0.2) is 385 Å². The Kier molecular flexibility index (Phi) is 34.1. The van der Waals surface area contributed by atoms with Gasteiger partial charge < -0.3 is 148 Å². The van der Waals surface area contributed by atoms with Crippen LogP contribution in [0.5, 0.6) is 0 Å². The summed E-state index contributed by atoms with van der Waals surface area (Å²) in [6, 6.07) is 15.0. The molecule has 0 aromatic heterocycles. The highest BCUT2D eigenvalue weighted by Crippen LogP contribution is 2.43. The van der Waals surface area contributed by atoms with Gasteiger partial charge in [-0.2, -0.15) is 42.1 Å². The number of ether oxygens (including phenoxy) is 14. The quantitative estimate of drug-likeness (QED) is 0.0299. The minimum absolute atomic E-state index is 0.135. The van der Waals surface area contributed by atoms with E-state index in [1.165, 1.54) is 130 Å². The Morgan fingerprint density at radius 2 is 0.314 bits per heavy atom. The third-order valence-electron chi connectivity index (χ3n) is 25.1. The summed E-state index contributed by atoms with van der Waals surface area (Å²) in [6.45, 7) is 13.6. The second-order valence-corrected chi connectivity index (χ2v) is 43.8. The number of aliphatic hydroxyl groups excluding tert-OH is 16. The van der Waals surface area contributed by atoms with E-state index in [-0.39, 0.29) is 65.4 Å². The molecule has 0 radical (unpaired) electrons. The fourth-order valence-electron chi connectivity index (χ4n) is 19.2. The molecule has 50 heteroatoms. The maximum atomic E-state index is 14.7. The molecular formula is C87H120O45S5. The van der Waals surface area contributed by atoms with Gasteiger partial charge in [0.15, 0.2) is 44.0 Å². The van der Waals surface area contributed by atoms with Crippen molar-refractivity contribution in [1.82, 2.24) is 0 Å². The van der Waals surface area contributed by atoms with Crippen molar-refractivity contribution in [2.45, 2.75) is 343 Å². The van der Waals surface area contributed by atoms with Crippen LogP contribution in [0.4, 0.5) is 0 Å². The number of hydrogen-bond donors (Lipinski definition) is 16. The van der Waals surface area contributed by atoms with Crippen LogP contribution >= 0.6 is 0 Å². The van der Waals surface area contributed by atoms with Crippen molar-refractivity contribution in [3.8, 4) is 0 Å². The lowest BCUT2D eigenvalue weighted by Crippen LogP contribution is -2.68. The molecule has 5 aromatic carbocycles. The van der Waals surface area contributed by atoms with E-state index < -0.39 is 326 Å². The van der Waals surface area contributed by atoms with Crippen LogP contribution in [0.1, 0.15) is 83.5 Å². The third-order valence-corrected chi connectivity index (χ3v) is 33.0. The lowest BCUT2D eigenvalue weighted by atomic mass is 9.95. The molecule has 0 amide bonds. The molecule has 0 unspecified atom stereocenters. The van der Waals surface area contributed by atoms with Crippen molar-refractivity contribution in [2.24, 2.45) is 0 Å². The minimum atomic E-state index is -5.06. The van der Waals surface area contributed by atoms with Crippen LogP contribution in [0, 0.1) is 104 Å². The van der Waals surface area contributed by atoms with Gasteiger partial charge in [-0.25, -0.2) is 0 Å². The number of aryl methyl sites for hydroxylation is 15. The number of hydrogen-bond acceptors (Lipinski definition) is 45. The van der Waals surface area contributed by atoms with E-state index in [1.807, 2.05) is 0 Å². The zero-order valence-electron chi connectivity index (χ0n) is 77.0. The first-order chi connectivity index (χ1) is 64.0. The molecule has 21 fully saturated rings. The van der Waals surface area contributed by atoms with E-state index in [0.29, 0.717) is 27.8 Å². The third kappa shape index (κ3) is 22.9. The lowest BCUT2D eigenvalue weighted by molar-refractivity contribution is -0.396. The summed E-state index contributed by atoms with van der Waals surface area (Å²) in [5.41, 5.74) is 4.55. The van der Waals surface area contributed by atoms with E-state index in [9.17, 15) is 124 Å². The van der Waals surface area contributed by atoms with Crippen molar-refractivity contribution in [1.29, 1.82) is 0 Å². The van der Waals surface area contributed by atoms with Crippen molar-refractivity contribution in [3.05, 3.63) is 144 Å². The molecule has 0 saturated carbocycles. The van der Waals surface area contributed by atoms with E-state index in [0.717, 1.165) is 0 Å². The average Bonchev–Trinajstić information content (AvgIpc) is 0.792. The van der Waals surface area contributed by atoms with Crippen molar-refractivity contribution >= 4 is 50.6 Å². The first-order valence-corrected chi connectivity index (χ1v) is 50.8. The van der Waals surface area contributed by atoms with Gasteiger partial charge >= 0.3 is 0 Å². The zero-order valence-corrected chi connectivity index (χ0v) is 81.0. The van der Waals surface area contributed by atoms with Gasteiger partial charge in [-0.05, 0) is 159 Å². The summed E-state index contributed by atoms with van der Waals surface area (Å²) in [7, 11) is -25.1. The maximum Gasteiger partial charge on any atom is 0.297 e. The molecule has 16 N–H and O–H groups in total. The standard InChI is InChI=1S/C87H120O45S5/c1-33-16-38(6)76(39(7)17-33)133(104,105)114-28-50-71-58(93)65(100)84(122-50)130-73-52(30-116-135(108,109)78-42(10)20-35(3)21-43(78)11)124-86(67(102)60(73)95)132-75-54(32-118-137(112,113)80-46(14)24-37(5)25-47(80)15)125-87(68(103)61(75)96)131-74-53(31-117-136(110,111)79-44(12)22-36(4)23-45(79)13)123-85(66(101)59(74)94)129-72-51(29-115-134(106,107)77-40(8)18-34(2)19-41(77)9)121-83(64(99)57(72)92)127-70-49(27-89)119-81(62(97)55(70)90)126-69-48(26-88)120-82(128-71)63(98)56(69)91/h16-25,48-75,81-103H,26-32H2,1-15H3/t48-,49-,50-,51-,52-,53-,54-,55-,56-,57-,58-,59-,60-,61-,62-,63-,64-,65-,66-,67-,68-,69-,70-,71-,72-,73-,74-,75-,81-,82-,83-,84-,85-,86-,87-/m1/s1. The fraction of sp³-hybridized carbons (Fsp3) is 0.655. The molecule has 0 spiro atoms. The van der Waals surface area contributed by atoms with E-state index in [1.54, 1.807) is 34.6 Å². The van der Waals surface area contributed by atoms with Gasteiger partial charge in [-0.15, -0.1) is 0 Å². The monoisotopic (exact) mass is 2040 g/mol. The van der Waals surface area contributed by atoms with Crippen LogP contribution in [0.3, 0.4) is 0 Å². The Morgan fingerprint density at radius 3 is 0.438 bits per heavy atom. The number of rotatable bonds is 22. The minimum Gasteiger partial charge on any atom is -0.394 e. The van der Waals surface area contributed by atoms with Gasteiger partial charge in [0, 0.05) is 0 Å². The van der Waals surface area contributed by atoms with Crippen LogP contribution in [0.25, 0.3) is 0 Å². The topological polar surface area (TPSA) is 670 Å². The van der Waals surface area contributed by atoms with Crippen LogP contribution < -0.4 is 0 Å². The molecule has 21 aliphatic rings. The second kappa shape index (κ2) is 43.0. The molecule has 768 valence electrons. The summed E-state index contributed by atoms with van der Waals surface area (Å²) in [6.07, 6.45) is -84.3. The Morgan fingerprint density at radius 1 is 0.197 bits per heavy atom. The Bertz CT molecular complexity index is 5430. The van der Waals surface area contributed by atoms with Crippen molar-refractivity contribution in [2.75, 3.05) is 46.2 Å². The van der Waals surface area contributed by atoms with Gasteiger partial charge in [-0.3, -0.25) is 20.9 Å². The molecule has 21 aliphatic heterocycles. The highest BCUT2D eigenvalue weighted by atomic mass is 32.2. The SMILES string of the molecule is Cc1cc(C)c(S(=O)(=O)OC[C@H]2O[C@@H]3O[C@H]4[C@H](O)[C@@H](O)[C@@H](O[C@H]5[C@H](O)[C@@H](O)[C@@H](O[C@H]6[C@H](O)[C@@H](O)[C@@H](O[C@H]7[C@H](O)[C@@H](O)[C@@H](O[C@H]8[C@H](O)[C@@H](O)[C@@H](O[C@H]9[C@H](O)[C@@H](O)[C@@H](O[C@H]2[C@H](O)[C@H]3O)O[C@@H]9CO)O[C@@H]8CO)O[C@@H]7COS(=O)(=O)c2c(C)cc(C)cc2C)O[C@@H]6COS(=O)(=O)c2c(C)cc(C)cc2C)O[C@@H]5COS(=O)(=O)c2c(C)cc(C)cc2C)O[C@@H]4COS(=O)(=O)c2c(C)cc(C)cc2C)c(C)c1. The normalized spacial score (nSPS) is 36.9. The van der Waals surface area contributed by atoms with Crippen LogP contribution in [0.2, 0.25) is 0 Å². The predicted molar refractivity (Wildman–Crippen MR) is 462 cm³/mol. The molecule has 21 saturated heterocycles. The van der Waals surface area contributed by atoms with Gasteiger partial charge in [0.2, 0.25) is 0 Å². The van der Waals surface area contributed by atoms with Crippen molar-refractivity contribution < 1.29 is 211 Å². The zero-order chi connectivity index (χ0) is 101. The van der Waals surface area contributed by atoms with Gasteiger partial charge in [0.25, 0.3) is 50.6 Å². The molecule has 14 bridgehead atoms. The number of benzene rings is 5. The smallest absolute Gasteiger partial charge is 0.297 e. The fourth-order valence-corrected chi connectivity index (χ4v) is 25.9. The van der Waals surface area contributed by atoms with Gasteiger partial charge in [0.1, 0.15) is 171 Å². The first kappa shape index (κ1) is 109. The molecule has 45 nitrogen and oxygen atoms in total. The summed E-state index contributed by atoms with van der Waals surface area (Å²) in [5.74, 6) is 0. The summed E-state index contributed by atoms with van der Waals surface area (Å²) < 4.78 is 260. The summed E-state index contributed by atoms with van der Waals surface area (Å²) >= 11 is 0. The lowest BCUT2D eigenvalue weighted by Gasteiger charge is -2.50. The predicted octanol–water partition coefficient (Wildman–Crippen LogP) is -3.54. The Hall–Kier alpha value is -5.55. The van der Waals surface area contributed by atoms with Crippen LogP contribution in [-0.2, 0) is 138 Å². The Labute approximate surface area is 790 Å². The second-order valence-electron chi connectivity index (χ2n) is 36.1. The van der Waals surface area contributed by atoms with Crippen molar-refractivity contribution in [3.63, 3.8) is 0 Å². The van der Waals surface area contributed by atoms with Gasteiger partial charge in [-0.1, -0.05) is 88.5 Å². The maximum absolute atomic E-state index is 14.7. The summed E-state index contributed by atoms with van der Waals surface area (Å²) in [4.78, 5) is -1.95. The highest BCUT2D eigenvalue weighted by molar-refractivity contribution is 7.88. The van der Waals surface area contributed by atoms with E-state index in [4.69, 9.17) is 87.2 Å². The molecule has 35 atom stereocenters. The highest BCUT2D eigenvalue weighted by Gasteiger charge is 2.61. The van der Waals surface area contributed by atoms with Crippen LogP contribution in [0.15, 0.2) is 85.1 Å². The number of aliphatic hydroxyl groups is 16. The molecule has 5 aromatic rings. The van der Waals surface area contributed by atoms with E-state index in [2.05, 4.69) is 0 Å². The first-order valence-electron chi connectivity index (χ1n) is 43.8. The molecule has 137 heavy (non-hydrogen) atoms.